The largest absolute Gasteiger partial charge is 0.508 e. The molecule has 1 aliphatic carbocycles. The number of amides is 1. The number of aromatic nitrogens is 2. The minimum absolute atomic E-state index is 0.0308. The summed E-state index contributed by atoms with van der Waals surface area (Å²) in [6.07, 6.45) is 12.4. The zero-order chi connectivity index (χ0) is 37.3. The number of anilines is 1. The molecule has 2 saturated heterocycles. The fourth-order valence-corrected chi connectivity index (χ4v) is 8.86. The third kappa shape index (κ3) is 7.38. The molecule has 4 heterocycles. The van der Waals surface area contributed by atoms with Crippen molar-refractivity contribution in [2.75, 3.05) is 58.4 Å². The first-order chi connectivity index (χ1) is 25.5. The van der Waals surface area contributed by atoms with E-state index in [1.807, 2.05) is 14.0 Å². The molecule has 2 aromatic carbocycles. The van der Waals surface area contributed by atoms with Crippen LogP contribution in [0.5, 0.6) is 17.5 Å². The van der Waals surface area contributed by atoms with Gasteiger partial charge in [-0.1, -0.05) is 31.4 Å². The number of alkyl halides is 1. The molecule has 7 rings (SSSR count). The second kappa shape index (κ2) is 15.1. The average molecular weight is 730 g/mol. The predicted molar refractivity (Wildman–Crippen MR) is 199 cm³/mol. The Bertz CT molecular complexity index is 1910. The van der Waals surface area contributed by atoms with E-state index in [1.54, 1.807) is 23.1 Å². The number of nitrogens with zero attached hydrogens (tertiary/aromatic N) is 4. The molecule has 2 N–H and O–H groups in total. The van der Waals surface area contributed by atoms with Gasteiger partial charge in [0, 0.05) is 64.0 Å². The molecule has 3 atom stereocenters. The smallest absolute Gasteiger partial charge is 0.318 e. The van der Waals surface area contributed by atoms with Crippen molar-refractivity contribution in [3.63, 3.8) is 0 Å². The quantitative estimate of drug-likeness (QED) is 0.178. The summed E-state index contributed by atoms with van der Waals surface area (Å²) in [6, 6.07) is 6.21. The van der Waals surface area contributed by atoms with Gasteiger partial charge in [-0.2, -0.15) is 9.97 Å². The van der Waals surface area contributed by atoms with Crippen molar-refractivity contribution < 1.29 is 32.9 Å². The van der Waals surface area contributed by atoms with Crippen LogP contribution in [0.2, 0.25) is 0 Å². The van der Waals surface area contributed by atoms with E-state index in [0.717, 1.165) is 58.3 Å². The summed E-state index contributed by atoms with van der Waals surface area (Å²) >= 11 is 0. The van der Waals surface area contributed by atoms with Gasteiger partial charge in [-0.25, -0.2) is 8.78 Å². The highest BCUT2D eigenvalue weighted by molar-refractivity contribution is 5.93. The fraction of sp³-hybridized carbons (Fsp3) is 0.537. The maximum atomic E-state index is 15.0. The molecular weight excluding hydrogens is 680 g/mol. The summed E-state index contributed by atoms with van der Waals surface area (Å²) in [5, 5.41) is 15.4. The van der Waals surface area contributed by atoms with Gasteiger partial charge in [0.2, 0.25) is 5.91 Å². The summed E-state index contributed by atoms with van der Waals surface area (Å²) in [5.74, 6) is 2.85. The van der Waals surface area contributed by atoms with Crippen LogP contribution in [0.1, 0.15) is 74.6 Å². The van der Waals surface area contributed by atoms with Crippen LogP contribution >= 0.6 is 0 Å². The molecule has 53 heavy (non-hydrogen) atoms. The lowest BCUT2D eigenvalue weighted by Gasteiger charge is -2.39. The molecule has 12 heteroatoms. The van der Waals surface area contributed by atoms with E-state index in [0.29, 0.717) is 65.4 Å². The van der Waals surface area contributed by atoms with Crippen molar-refractivity contribution in [1.82, 2.24) is 19.8 Å². The van der Waals surface area contributed by atoms with Crippen molar-refractivity contribution in [3.8, 4) is 29.9 Å². The minimum Gasteiger partial charge on any atom is -0.508 e. The zero-order valence-electron chi connectivity index (χ0n) is 30.6. The number of fused-ring (bicyclic) bond motifs is 2. The highest BCUT2D eigenvalue weighted by Gasteiger charge is 2.44. The first kappa shape index (κ1) is 36.9. The topological polar surface area (TPSA) is 109 Å². The van der Waals surface area contributed by atoms with Crippen molar-refractivity contribution in [2.45, 2.75) is 81.5 Å². The molecule has 0 spiro atoms. The number of terminal acetylenes is 1. The molecule has 282 valence electrons. The lowest BCUT2D eigenvalue weighted by molar-refractivity contribution is -0.129. The van der Waals surface area contributed by atoms with Crippen molar-refractivity contribution in [3.05, 3.63) is 59.6 Å². The number of ether oxygens (including phenoxy) is 3. The van der Waals surface area contributed by atoms with Crippen LogP contribution in [0.25, 0.3) is 10.8 Å². The van der Waals surface area contributed by atoms with Gasteiger partial charge in [0.05, 0.1) is 28.9 Å². The Morgan fingerprint density at radius 1 is 1.26 bits per heavy atom. The summed E-state index contributed by atoms with van der Waals surface area (Å²) < 4.78 is 48.4. The Kier molecular flexibility index (Phi) is 10.5. The lowest BCUT2D eigenvalue weighted by atomic mass is 9.87. The Morgan fingerprint density at radius 2 is 2.04 bits per heavy atom. The molecule has 3 aromatic rings. The number of halogens is 2. The first-order valence-corrected chi connectivity index (χ1v) is 18.7. The van der Waals surface area contributed by atoms with Gasteiger partial charge in [-0.05, 0) is 73.7 Å². The number of carbonyl (C=O) groups is 1. The number of likely N-dealkylation sites (N-methyl/N-ethyl adjacent to an activating group) is 1. The zero-order valence-corrected chi connectivity index (χ0v) is 30.6. The van der Waals surface area contributed by atoms with Gasteiger partial charge in [-0.3, -0.25) is 9.69 Å². The van der Waals surface area contributed by atoms with E-state index < -0.39 is 23.1 Å². The third-order valence-electron chi connectivity index (χ3n) is 12.0. The van der Waals surface area contributed by atoms with Crippen molar-refractivity contribution in [2.24, 2.45) is 5.92 Å². The van der Waals surface area contributed by atoms with E-state index in [2.05, 4.69) is 22.7 Å². The van der Waals surface area contributed by atoms with E-state index in [4.69, 9.17) is 30.6 Å². The van der Waals surface area contributed by atoms with Gasteiger partial charge in [0.25, 0.3) is 0 Å². The van der Waals surface area contributed by atoms with Gasteiger partial charge < -0.3 is 29.5 Å². The van der Waals surface area contributed by atoms with Crippen molar-refractivity contribution in [1.29, 1.82) is 0 Å². The highest BCUT2D eigenvalue weighted by atomic mass is 19.1. The number of likely N-dealkylation sites (tertiary alicyclic amines) is 1. The maximum absolute atomic E-state index is 15.0. The minimum atomic E-state index is -0.966. The second-order valence-corrected chi connectivity index (χ2v) is 15.5. The SMILES string of the molecule is C#Cc1c(F)ccc2cc(O)cc([C@@H]3COc4c(nc(OC[C@]5(C)C[C@@H](F)CN5CC5CCOCC5)nc4NCC4(N(C)C(=O)C=C)CCCC4)C3)c12. The van der Waals surface area contributed by atoms with Crippen LogP contribution in [0.15, 0.2) is 36.9 Å². The third-order valence-corrected chi connectivity index (χ3v) is 12.0. The Hall–Kier alpha value is -4.47. The molecule has 1 saturated carbocycles. The van der Waals surface area contributed by atoms with Crippen LogP contribution in [0.4, 0.5) is 14.6 Å². The van der Waals surface area contributed by atoms with E-state index in [1.165, 1.54) is 12.1 Å². The average Bonchev–Trinajstić information content (AvgIpc) is 3.76. The molecule has 0 unspecified atom stereocenters. The number of nitrogens with one attached hydrogen (secondary N) is 1. The molecule has 1 aromatic heterocycles. The monoisotopic (exact) mass is 729 g/mol. The Labute approximate surface area is 309 Å². The van der Waals surface area contributed by atoms with E-state index >= 15 is 4.39 Å². The van der Waals surface area contributed by atoms with E-state index in [-0.39, 0.29) is 42.4 Å². The molecule has 1 amide bonds. The van der Waals surface area contributed by atoms with Gasteiger partial charge in [-0.15, -0.1) is 6.42 Å². The van der Waals surface area contributed by atoms with Crippen LogP contribution < -0.4 is 14.8 Å². The summed E-state index contributed by atoms with van der Waals surface area (Å²) in [7, 11) is 1.81. The van der Waals surface area contributed by atoms with Crippen LogP contribution in [-0.2, 0) is 16.0 Å². The first-order valence-electron chi connectivity index (χ1n) is 18.7. The predicted octanol–water partition coefficient (Wildman–Crippen LogP) is 6.15. The van der Waals surface area contributed by atoms with Crippen molar-refractivity contribution >= 4 is 22.5 Å². The van der Waals surface area contributed by atoms with Crippen LogP contribution in [0, 0.1) is 24.1 Å². The normalized spacial score (nSPS) is 24.3. The molecule has 0 bridgehead atoms. The standard InChI is InChI=1S/C41H49F2N5O5/c1-5-31-33(43)10-9-27-17-30(49)19-32(36(27)31)28-18-34-37(52-23-28)38(44-24-41(13-7-8-14-41)47(4)35(50)6-2)46-39(45-34)53-25-40(3)20-29(42)22-48(40)21-26-11-15-51-16-12-26/h1,6,9-10,17,19,26,28-29,49H,2,7-8,11-16,18,20-25H2,3-4H3,(H,44,45,46)/t28-,29+,40-/m0/s1. The number of hydrogen-bond donors (Lipinski definition) is 2. The lowest BCUT2D eigenvalue weighted by Crippen LogP contribution is -2.51. The Balaban J connectivity index is 1.21. The number of phenolic OH excluding ortho intramolecular Hbond substituents is 1. The second-order valence-electron chi connectivity index (χ2n) is 15.5. The summed E-state index contributed by atoms with van der Waals surface area (Å²) in [5.41, 5.74) is 0.328. The van der Waals surface area contributed by atoms with Crippen LogP contribution in [0.3, 0.4) is 0 Å². The maximum Gasteiger partial charge on any atom is 0.318 e. The molecule has 4 aliphatic rings. The van der Waals surface area contributed by atoms with Crippen LogP contribution in [-0.4, -0.2) is 101 Å². The van der Waals surface area contributed by atoms with Gasteiger partial charge >= 0.3 is 6.01 Å². The number of rotatable bonds is 11. The number of hydrogen-bond acceptors (Lipinski definition) is 9. The van der Waals surface area contributed by atoms with Gasteiger partial charge in [0.15, 0.2) is 11.6 Å². The van der Waals surface area contributed by atoms with E-state index in [9.17, 15) is 14.3 Å². The molecular formula is C41H49F2N5O5. The molecule has 3 fully saturated rings. The molecule has 3 aliphatic heterocycles. The summed E-state index contributed by atoms with van der Waals surface area (Å²) in [6.45, 7) is 9.10. The highest BCUT2D eigenvalue weighted by Crippen LogP contribution is 2.43. The number of benzene rings is 2. The molecule has 0 radical (unpaired) electrons. The number of carbonyl (C=O) groups excluding carboxylic acids is 1. The Morgan fingerprint density at radius 3 is 2.77 bits per heavy atom. The molecule has 10 nitrogen and oxygen atoms in total. The van der Waals surface area contributed by atoms with Gasteiger partial charge in [0.1, 0.15) is 24.3 Å². The number of phenols is 1. The summed E-state index contributed by atoms with van der Waals surface area (Å²) in [4.78, 5) is 26.4. The number of aromatic hydroxyl groups is 1. The fourth-order valence-electron chi connectivity index (χ4n) is 8.86.